The molecule has 1 aliphatic heterocycles. The van der Waals surface area contributed by atoms with Crippen LogP contribution >= 0.6 is 0 Å². The molecule has 0 bridgehead atoms. The van der Waals surface area contributed by atoms with Crippen LogP contribution in [-0.4, -0.2) is 27.7 Å². The lowest BCUT2D eigenvalue weighted by molar-refractivity contribution is -0.0508. The summed E-state index contributed by atoms with van der Waals surface area (Å²) in [6, 6.07) is 8.13. The molecule has 0 saturated carbocycles. The van der Waals surface area contributed by atoms with Gasteiger partial charge in [0.2, 0.25) is 0 Å². The lowest BCUT2D eigenvalue weighted by Crippen LogP contribution is -2.32. The van der Waals surface area contributed by atoms with Gasteiger partial charge in [-0.3, -0.25) is 0 Å². The molecule has 0 aromatic heterocycles. The fourth-order valence-electron chi connectivity index (χ4n) is 1.30. The average Bonchev–Trinajstić information content (AvgIpc) is 2.01. The van der Waals surface area contributed by atoms with Crippen molar-refractivity contribution in [2.75, 3.05) is 19.8 Å². The third kappa shape index (κ3) is 2.25. The molecule has 1 aliphatic rings. The fraction of sp³-hybridized carbons (Fsp3) is 0.400. The largest absolute Gasteiger partial charge is 0.493 e. The third-order valence-electron chi connectivity index (χ3n) is 2.18. The van der Waals surface area contributed by atoms with Gasteiger partial charge >= 0.3 is 0 Å². The summed E-state index contributed by atoms with van der Waals surface area (Å²) < 4.78 is 10.7. The second-order valence-electron chi connectivity index (χ2n) is 3.53. The topological polar surface area (TPSA) is 18.5 Å². The SMILES string of the molecule is Bc1cccc(OCC2COC2)c1. The number of benzene rings is 1. The van der Waals surface area contributed by atoms with Crippen molar-refractivity contribution in [3.8, 4) is 5.75 Å². The molecule has 0 unspecified atom stereocenters. The second-order valence-corrected chi connectivity index (χ2v) is 3.53. The zero-order valence-electron chi connectivity index (χ0n) is 7.82. The zero-order valence-corrected chi connectivity index (χ0v) is 7.82. The van der Waals surface area contributed by atoms with Gasteiger partial charge in [0.15, 0.2) is 0 Å². The molecule has 1 heterocycles. The Morgan fingerprint density at radius 2 is 2.31 bits per heavy atom. The highest BCUT2D eigenvalue weighted by Crippen LogP contribution is 2.13. The van der Waals surface area contributed by atoms with Gasteiger partial charge in [-0.25, -0.2) is 0 Å². The highest BCUT2D eigenvalue weighted by molar-refractivity contribution is 6.32. The Morgan fingerprint density at radius 3 is 2.92 bits per heavy atom. The molecule has 13 heavy (non-hydrogen) atoms. The van der Waals surface area contributed by atoms with Crippen molar-refractivity contribution < 1.29 is 9.47 Å². The normalized spacial score (nSPS) is 16.6. The van der Waals surface area contributed by atoms with Gasteiger partial charge in [0.05, 0.1) is 19.8 Å². The minimum atomic E-state index is 0.598. The fourth-order valence-corrected chi connectivity index (χ4v) is 1.30. The first kappa shape index (κ1) is 8.63. The van der Waals surface area contributed by atoms with E-state index in [1.165, 1.54) is 5.46 Å². The second kappa shape index (κ2) is 3.84. The predicted octanol–water partition coefficient (Wildman–Crippen LogP) is -0.0298. The van der Waals surface area contributed by atoms with Crippen molar-refractivity contribution in [2.24, 2.45) is 5.92 Å². The average molecular weight is 176 g/mol. The van der Waals surface area contributed by atoms with Gasteiger partial charge in [0.1, 0.15) is 13.6 Å². The minimum absolute atomic E-state index is 0.598. The minimum Gasteiger partial charge on any atom is -0.493 e. The molecular weight excluding hydrogens is 163 g/mol. The summed E-state index contributed by atoms with van der Waals surface area (Å²) in [6.45, 7) is 2.49. The summed E-state index contributed by atoms with van der Waals surface area (Å²) in [7, 11) is 2.07. The first-order valence-corrected chi connectivity index (χ1v) is 4.62. The highest BCUT2D eigenvalue weighted by Gasteiger charge is 2.18. The van der Waals surface area contributed by atoms with Crippen LogP contribution in [0, 0.1) is 5.92 Å². The summed E-state index contributed by atoms with van der Waals surface area (Å²) in [5.41, 5.74) is 1.24. The third-order valence-corrected chi connectivity index (χ3v) is 2.18. The first-order chi connectivity index (χ1) is 6.34. The molecule has 0 N–H and O–H groups in total. The quantitative estimate of drug-likeness (QED) is 0.602. The molecule has 1 aromatic rings. The van der Waals surface area contributed by atoms with E-state index in [-0.39, 0.29) is 0 Å². The molecule has 1 saturated heterocycles. The van der Waals surface area contributed by atoms with Crippen LogP contribution in [0.3, 0.4) is 0 Å². The van der Waals surface area contributed by atoms with Crippen LogP contribution < -0.4 is 10.2 Å². The molecule has 2 rings (SSSR count). The number of rotatable bonds is 3. The lowest BCUT2D eigenvalue weighted by atomic mass is 9.96. The smallest absolute Gasteiger partial charge is 0.139 e. The van der Waals surface area contributed by atoms with E-state index in [1.54, 1.807) is 0 Å². The van der Waals surface area contributed by atoms with Crippen molar-refractivity contribution in [1.29, 1.82) is 0 Å². The van der Waals surface area contributed by atoms with Gasteiger partial charge < -0.3 is 9.47 Å². The number of ether oxygens (including phenoxy) is 2. The molecule has 0 aliphatic carbocycles. The zero-order chi connectivity index (χ0) is 9.10. The van der Waals surface area contributed by atoms with E-state index in [1.807, 2.05) is 12.1 Å². The molecule has 1 fully saturated rings. The Kier molecular flexibility index (Phi) is 2.55. The van der Waals surface area contributed by atoms with Crippen LogP contribution in [0.15, 0.2) is 24.3 Å². The maximum Gasteiger partial charge on any atom is 0.139 e. The van der Waals surface area contributed by atoms with Gasteiger partial charge in [-0.05, 0) is 12.1 Å². The van der Waals surface area contributed by atoms with Gasteiger partial charge in [0, 0.05) is 5.92 Å². The van der Waals surface area contributed by atoms with E-state index in [4.69, 9.17) is 9.47 Å². The van der Waals surface area contributed by atoms with E-state index in [0.717, 1.165) is 25.6 Å². The molecule has 68 valence electrons. The Labute approximate surface area is 79.3 Å². The number of hydrogen-bond donors (Lipinski definition) is 0. The Bertz CT molecular complexity index is 284. The van der Waals surface area contributed by atoms with Crippen LogP contribution in [0.4, 0.5) is 0 Å². The molecule has 0 amide bonds. The monoisotopic (exact) mass is 176 g/mol. The molecule has 0 atom stereocenters. The van der Waals surface area contributed by atoms with Gasteiger partial charge in [0.25, 0.3) is 0 Å². The van der Waals surface area contributed by atoms with Gasteiger partial charge in [-0.1, -0.05) is 17.6 Å². The summed E-state index contributed by atoms with van der Waals surface area (Å²) >= 11 is 0. The summed E-state index contributed by atoms with van der Waals surface area (Å²) in [5, 5.41) is 0. The van der Waals surface area contributed by atoms with Crippen LogP contribution in [0.1, 0.15) is 0 Å². The standard InChI is InChI=1S/C10H13BO2/c11-9-2-1-3-10(4-9)13-7-8-5-12-6-8/h1-4,8H,5-7,11H2. The van der Waals surface area contributed by atoms with Crippen LogP contribution in [0.2, 0.25) is 0 Å². The van der Waals surface area contributed by atoms with Crippen LogP contribution in [-0.2, 0) is 4.74 Å². The summed E-state index contributed by atoms with van der Waals surface area (Å²) in [4.78, 5) is 0. The van der Waals surface area contributed by atoms with Gasteiger partial charge in [-0.2, -0.15) is 0 Å². The maximum atomic E-state index is 5.61. The number of hydrogen-bond acceptors (Lipinski definition) is 2. The highest BCUT2D eigenvalue weighted by atomic mass is 16.5. The Hall–Kier alpha value is -0.955. The lowest BCUT2D eigenvalue weighted by Gasteiger charge is -2.25. The molecule has 3 heteroatoms. The Morgan fingerprint density at radius 1 is 1.46 bits per heavy atom. The van der Waals surface area contributed by atoms with Crippen LogP contribution in [0.5, 0.6) is 5.75 Å². The van der Waals surface area contributed by atoms with Crippen LogP contribution in [0.25, 0.3) is 0 Å². The molecular formula is C10H13BO2. The molecule has 0 spiro atoms. The van der Waals surface area contributed by atoms with E-state index in [2.05, 4.69) is 20.0 Å². The predicted molar refractivity (Wildman–Crippen MR) is 54.4 cm³/mol. The summed E-state index contributed by atoms with van der Waals surface area (Å²) in [5.74, 6) is 1.56. The van der Waals surface area contributed by atoms with Gasteiger partial charge in [-0.15, -0.1) is 0 Å². The van der Waals surface area contributed by atoms with E-state index in [0.29, 0.717) is 5.92 Å². The van der Waals surface area contributed by atoms with Crippen molar-refractivity contribution in [3.05, 3.63) is 24.3 Å². The molecule has 2 nitrogen and oxygen atoms in total. The van der Waals surface area contributed by atoms with E-state index >= 15 is 0 Å². The molecule has 1 aromatic carbocycles. The van der Waals surface area contributed by atoms with E-state index < -0.39 is 0 Å². The Balaban J connectivity index is 1.86. The maximum absolute atomic E-state index is 5.61. The summed E-state index contributed by atoms with van der Waals surface area (Å²) in [6.07, 6.45) is 0. The molecule has 0 radical (unpaired) electrons. The van der Waals surface area contributed by atoms with Crippen molar-refractivity contribution >= 4 is 13.3 Å². The first-order valence-electron chi connectivity index (χ1n) is 4.62. The van der Waals surface area contributed by atoms with E-state index in [9.17, 15) is 0 Å². The van der Waals surface area contributed by atoms with Crippen molar-refractivity contribution in [3.63, 3.8) is 0 Å². The van der Waals surface area contributed by atoms with Crippen molar-refractivity contribution in [1.82, 2.24) is 0 Å². The van der Waals surface area contributed by atoms with Crippen molar-refractivity contribution in [2.45, 2.75) is 0 Å².